The highest BCUT2D eigenvalue weighted by Crippen LogP contribution is 2.27. The van der Waals surface area contributed by atoms with Gasteiger partial charge in [-0.3, -0.25) is 9.78 Å². The number of nitrogens with one attached hydrogen (secondary N) is 1. The number of thioether (sulfide) groups is 1. The molecule has 3 N–H and O–H groups in total. The molecule has 0 spiro atoms. The average Bonchev–Trinajstić information content (AvgIpc) is 3.43. The van der Waals surface area contributed by atoms with Crippen molar-refractivity contribution in [2.75, 3.05) is 5.73 Å². The number of benzene rings is 1. The minimum Gasteiger partial charge on any atom is -0.378 e. The number of hydrogen-bond acceptors (Lipinski definition) is 10. The van der Waals surface area contributed by atoms with Crippen molar-refractivity contribution >= 4 is 40.8 Å². The quantitative estimate of drug-likeness (QED) is 0.236. The van der Waals surface area contributed by atoms with Crippen molar-refractivity contribution in [1.29, 1.82) is 0 Å². The maximum absolute atomic E-state index is 12.9. The summed E-state index contributed by atoms with van der Waals surface area (Å²) in [6.07, 6.45) is 1.64. The first-order valence-corrected chi connectivity index (χ1v) is 10.6. The fraction of sp³-hybridized carbons (Fsp3) is 0.105. The van der Waals surface area contributed by atoms with E-state index in [0.29, 0.717) is 27.9 Å². The third kappa shape index (κ3) is 4.76. The number of hydrogen-bond donors (Lipinski definition) is 2. The number of nitrogens with zero attached hydrogens (tertiary/aromatic N) is 7. The van der Waals surface area contributed by atoms with Crippen LogP contribution in [0.1, 0.15) is 28.8 Å². The van der Waals surface area contributed by atoms with Crippen LogP contribution in [0.4, 0.5) is 5.82 Å². The molecule has 0 saturated carbocycles. The Hall–Kier alpha value is -3.77. The predicted octanol–water partition coefficient (Wildman–Crippen LogP) is 2.73. The van der Waals surface area contributed by atoms with Gasteiger partial charge in [0.1, 0.15) is 0 Å². The lowest BCUT2D eigenvalue weighted by atomic mass is 10.3. The van der Waals surface area contributed by atoms with Gasteiger partial charge in [-0.2, -0.15) is 9.78 Å². The Bertz CT molecular complexity index is 1260. The van der Waals surface area contributed by atoms with E-state index in [1.807, 2.05) is 18.2 Å². The maximum Gasteiger partial charge on any atom is 0.293 e. The second kappa shape index (κ2) is 9.58. The van der Waals surface area contributed by atoms with Gasteiger partial charge in [-0.05, 0) is 53.6 Å². The Labute approximate surface area is 191 Å². The first-order chi connectivity index (χ1) is 15.5. The second-order valence-electron chi connectivity index (χ2n) is 6.37. The molecule has 0 unspecified atom stereocenters. The summed E-state index contributed by atoms with van der Waals surface area (Å²) in [4.78, 5) is 18.0. The van der Waals surface area contributed by atoms with Crippen molar-refractivity contribution in [3.05, 3.63) is 70.8 Å². The van der Waals surface area contributed by atoms with E-state index >= 15 is 0 Å². The van der Waals surface area contributed by atoms with Gasteiger partial charge in [0, 0.05) is 21.9 Å². The summed E-state index contributed by atoms with van der Waals surface area (Å²) in [5.74, 6) is -0.0691. The smallest absolute Gasteiger partial charge is 0.293 e. The van der Waals surface area contributed by atoms with Crippen LogP contribution in [0.3, 0.4) is 0 Å². The molecule has 1 amide bonds. The van der Waals surface area contributed by atoms with E-state index in [0.717, 1.165) is 4.90 Å². The van der Waals surface area contributed by atoms with Crippen molar-refractivity contribution in [2.45, 2.75) is 17.6 Å². The Morgan fingerprint density at radius 1 is 1.25 bits per heavy atom. The molecular weight excluding hydrogens is 454 g/mol. The Morgan fingerprint density at radius 2 is 2.06 bits per heavy atom. The van der Waals surface area contributed by atoms with Gasteiger partial charge < -0.3 is 5.73 Å². The first-order valence-electron chi connectivity index (χ1n) is 9.20. The van der Waals surface area contributed by atoms with Gasteiger partial charge in [0.05, 0.1) is 17.1 Å². The Morgan fingerprint density at radius 3 is 2.75 bits per heavy atom. The van der Waals surface area contributed by atoms with Crippen LogP contribution in [0.5, 0.6) is 0 Å². The van der Waals surface area contributed by atoms with E-state index in [1.54, 1.807) is 37.4 Å². The standard InChI is InChI=1S/C19H16ClN9O2S/c1-11(14-4-2-3-9-22-14)23-25-19(30)16-15(10-32-13-7-5-12(20)6-8-13)29(28-24-16)18-17(21)26-31-27-18/h2-9H,10H2,1H3,(H2,21,26)(H,25,30)/b23-11-. The van der Waals surface area contributed by atoms with Crippen LogP contribution in [0.2, 0.25) is 5.02 Å². The monoisotopic (exact) mass is 469 g/mol. The van der Waals surface area contributed by atoms with Gasteiger partial charge in [0.25, 0.3) is 5.91 Å². The number of carbonyl (C=O) groups excluding carboxylic acids is 1. The van der Waals surface area contributed by atoms with Crippen molar-refractivity contribution in [3.8, 4) is 5.82 Å². The molecule has 11 nitrogen and oxygen atoms in total. The van der Waals surface area contributed by atoms with Gasteiger partial charge in [-0.15, -0.1) is 16.9 Å². The topological polar surface area (TPSA) is 150 Å². The Balaban J connectivity index is 1.60. The molecule has 3 heterocycles. The fourth-order valence-corrected chi connectivity index (χ4v) is 3.64. The normalized spacial score (nSPS) is 11.5. The highest BCUT2D eigenvalue weighted by atomic mass is 35.5. The number of rotatable bonds is 7. The van der Waals surface area contributed by atoms with Gasteiger partial charge >= 0.3 is 0 Å². The van der Waals surface area contributed by atoms with Crippen LogP contribution in [-0.4, -0.2) is 41.9 Å². The zero-order valence-electron chi connectivity index (χ0n) is 16.6. The maximum atomic E-state index is 12.9. The zero-order valence-corrected chi connectivity index (χ0v) is 18.2. The lowest BCUT2D eigenvalue weighted by molar-refractivity contribution is 0.0949. The van der Waals surface area contributed by atoms with Crippen molar-refractivity contribution < 1.29 is 9.42 Å². The molecule has 1 aromatic carbocycles. The minimum absolute atomic E-state index is 0.0172. The van der Waals surface area contributed by atoms with E-state index in [2.05, 4.69) is 40.8 Å². The predicted molar refractivity (Wildman–Crippen MR) is 119 cm³/mol. The molecule has 0 atom stereocenters. The van der Waals surface area contributed by atoms with Crippen molar-refractivity contribution in [2.24, 2.45) is 5.10 Å². The van der Waals surface area contributed by atoms with E-state index in [1.165, 1.54) is 16.4 Å². The Kier molecular flexibility index (Phi) is 6.42. The number of anilines is 1. The van der Waals surface area contributed by atoms with Crippen molar-refractivity contribution in [3.63, 3.8) is 0 Å². The first kappa shape index (κ1) is 21.5. The number of aromatic nitrogens is 6. The fourth-order valence-electron chi connectivity index (χ4n) is 2.62. The molecule has 0 bridgehead atoms. The molecular formula is C19H16ClN9O2S. The summed E-state index contributed by atoms with van der Waals surface area (Å²) in [5, 5.41) is 20.1. The molecule has 3 aromatic heterocycles. The molecule has 0 saturated heterocycles. The summed E-state index contributed by atoms with van der Waals surface area (Å²) >= 11 is 7.40. The van der Waals surface area contributed by atoms with E-state index in [-0.39, 0.29) is 17.3 Å². The summed E-state index contributed by atoms with van der Waals surface area (Å²) < 4.78 is 5.98. The highest BCUT2D eigenvalue weighted by molar-refractivity contribution is 7.98. The van der Waals surface area contributed by atoms with Gasteiger partial charge in [0.2, 0.25) is 11.6 Å². The van der Waals surface area contributed by atoms with Crippen molar-refractivity contribution in [1.82, 2.24) is 35.7 Å². The lowest BCUT2D eigenvalue weighted by Crippen LogP contribution is -2.21. The highest BCUT2D eigenvalue weighted by Gasteiger charge is 2.24. The molecule has 32 heavy (non-hydrogen) atoms. The molecule has 0 radical (unpaired) electrons. The SMILES string of the molecule is C/C(=N/NC(=O)c1nnn(-c2nonc2N)c1CSc1ccc(Cl)cc1)c1ccccn1. The van der Waals surface area contributed by atoms with Crippen LogP contribution in [0.15, 0.2) is 63.3 Å². The van der Waals surface area contributed by atoms with Crippen LogP contribution >= 0.6 is 23.4 Å². The minimum atomic E-state index is -0.548. The number of halogens is 1. The van der Waals surface area contributed by atoms with Crippen LogP contribution < -0.4 is 11.2 Å². The number of pyridine rings is 1. The lowest BCUT2D eigenvalue weighted by Gasteiger charge is -2.06. The molecule has 0 aliphatic carbocycles. The molecule has 0 fully saturated rings. The molecule has 162 valence electrons. The second-order valence-corrected chi connectivity index (χ2v) is 7.85. The third-order valence-corrected chi connectivity index (χ3v) is 5.50. The largest absolute Gasteiger partial charge is 0.378 e. The van der Waals surface area contributed by atoms with E-state index in [4.69, 9.17) is 17.3 Å². The van der Waals surface area contributed by atoms with E-state index in [9.17, 15) is 4.79 Å². The summed E-state index contributed by atoms with van der Waals surface area (Å²) in [6.45, 7) is 1.73. The number of nitrogen functional groups attached to an aromatic ring is 1. The summed E-state index contributed by atoms with van der Waals surface area (Å²) in [7, 11) is 0. The van der Waals surface area contributed by atoms with Crippen LogP contribution in [0, 0.1) is 0 Å². The number of carbonyl (C=O) groups is 1. The number of nitrogens with two attached hydrogens (primary N) is 1. The number of amides is 1. The molecule has 13 heteroatoms. The van der Waals surface area contributed by atoms with Gasteiger partial charge in [-0.25, -0.2) is 10.1 Å². The average molecular weight is 470 g/mol. The third-order valence-electron chi connectivity index (χ3n) is 4.22. The van der Waals surface area contributed by atoms with E-state index < -0.39 is 5.91 Å². The van der Waals surface area contributed by atoms with Gasteiger partial charge in [-0.1, -0.05) is 22.9 Å². The zero-order chi connectivity index (χ0) is 22.5. The van der Waals surface area contributed by atoms with Crippen LogP contribution in [-0.2, 0) is 5.75 Å². The molecule has 4 rings (SSSR count). The van der Waals surface area contributed by atoms with Crippen LogP contribution in [0.25, 0.3) is 5.82 Å². The molecule has 0 aliphatic rings. The molecule has 4 aromatic rings. The summed E-state index contributed by atoms with van der Waals surface area (Å²) in [5.41, 5.74) is 9.97. The number of hydrazone groups is 1. The molecule has 0 aliphatic heterocycles. The van der Waals surface area contributed by atoms with Gasteiger partial charge in [0.15, 0.2) is 5.69 Å². The summed E-state index contributed by atoms with van der Waals surface area (Å²) in [6, 6.07) is 12.7.